The highest BCUT2D eigenvalue weighted by Gasteiger charge is 2.10. The van der Waals surface area contributed by atoms with Gasteiger partial charge < -0.3 is 10.1 Å². The predicted molar refractivity (Wildman–Crippen MR) is 81.9 cm³/mol. The van der Waals surface area contributed by atoms with E-state index < -0.39 is 11.9 Å². The molecule has 0 bridgehead atoms. The van der Waals surface area contributed by atoms with Crippen molar-refractivity contribution in [3.8, 4) is 6.07 Å². The van der Waals surface area contributed by atoms with Crippen LogP contribution in [0.1, 0.15) is 12.0 Å². The highest BCUT2D eigenvalue weighted by Crippen LogP contribution is 2.19. The molecule has 0 saturated carbocycles. The first kappa shape index (κ1) is 15.5. The second-order valence-electron chi connectivity index (χ2n) is 4.73. The van der Waals surface area contributed by atoms with Gasteiger partial charge in [-0.2, -0.15) is 5.26 Å². The molecule has 112 valence electrons. The van der Waals surface area contributed by atoms with Crippen molar-refractivity contribution in [2.45, 2.75) is 12.8 Å². The molecule has 0 aromatic heterocycles. The van der Waals surface area contributed by atoms with Crippen LogP contribution >= 0.6 is 0 Å². The number of nitriles is 1. The van der Waals surface area contributed by atoms with Crippen LogP contribution in [0.25, 0.3) is 10.8 Å². The lowest BCUT2D eigenvalue weighted by Crippen LogP contribution is -2.29. The van der Waals surface area contributed by atoms with Gasteiger partial charge in [-0.1, -0.05) is 42.5 Å². The molecule has 0 heterocycles. The van der Waals surface area contributed by atoms with E-state index in [1.807, 2.05) is 48.5 Å². The largest absolute Gasteiger partial charge is 0.455 e. The fourth-order valence-electron chi connectivity index (χ4n) is 2.11. The van der Waals surface area contributed by atoms with E-state index in [2.05, 4.69) is 5.32 Å². The Balaban J connectivity index is 1.89. The van der Waals surface area contributed by atoms with Crippen molar-refractivity contribution in [3.05, 3.63) is 48.0 Å². The summed E-state index contributed by atoms with van der Waals surface area (Å²) in [5.41, 5.74) is 0.869. The first-order valence-electron chi connectivity index (χ1n) is 6.96. The summed E-state index contributed by atoms with van der Waals surface area (Å²) >= 11 is 0. The molecule has 2 rings (SSSR count). The van der Waals surface area contributed by atoms with Gasteiger partial charge in [0.2, 0.25) is 0 Å². The fourth-order valence-corrected chi connectivity index (χ4v) is 2.11. The number of nitrogens with zero attached hydrogens (tertiary/aromatic N) is 1. The molecule has 0 aliphatic carbocycles. The van der Waals surface area contributed by atoms with E-state index in [1.54, 1.807) is 0 Å². The summed E-state index contributed by atoms with van der Waals surface area (Å²) < 4.78 is 4.95. The highest BCUT2D eigenvalue weighted by atomic mass is 16.5. The molecule has 0 unspecified atom stereocenters. The molecule has 5 heteroatoms. The Morgan fingerprint density at radius 3 is 2.73 bits per heavy atom. The number of carbonyl (C=O) groups is 2. The first-order chi connectivity index (χ1) is 10.7. The van der Waals surface area contributed by atoms with Gasteiger partial charge in [0.25, 0.3) is 5.91 Å². The Morgan fingerprint density at radius 1 is 1.14 bits per heavy atom. The van der Waals surface area contributed by atoms with Gasteiger partial charge in [-0.05, 0) is 16.3 Å². The van der Waals surface area contributed by atoms with Crippen LogP contribution in [0.5, 0.6) is 0 Å². The van der Waals surface area contributed by atoms with Crippen LogP contribution in [0, 0.1) is 11.3 Å². The number of hydrogen-bond acceptors (Lipinski definition) is 4. The number of rotatable bonds is 6. The maximum absolute atomic E-state index is 11.8. The Bertz CT molecular complexity index is 714. The van der Waals surface area contributed by atoms with Gasteiger partial charge in [-0.15, -0.1) is 0 Å². The quantitative estimate of drug-likeness (QED) is 0.653. The van der Waals surface area contributed by atoms with Gasteiger partial charge in [-0.25, -0.2) is 0 Å². The summed E-state index contributed by atoms with van der Waals surface area (Å²) in [6.07, 6.45) is 0.350. The van der Waals surface area contributed by atoms with Crippen LogP contribution < -0.4 is 5.32 Å². The average molecular weight is 296 g/mol. The van der Waals surface area contributed by atoms with Gasteiger partial charge in [-0.3, -0.25) is 9.59 Å². The number of ether oxygens (including phenoxy) is 1. The normalized spacial score (nSPS) is 9.95. The lowest BCUT2D eigenvalue weighted by molar-refractivity contribution is -0.147. The van der Waals surface area contributed by atoms with Crippen molar-refractivity contribution in [1.29, 1.82) is 5.26 Å². The van der Waals surface area contributed by atoms with Crippen molar-refractivity contribution >= 4 is 22.6 Å². The van der Waals surface area contributed by atoms with Crippen LogP contribution in [-0.4, -0.2) is 25.0 Å². The molecule has 0 fully saturated rings. The third-order valence-corrected chi connectivity index (χ3v) is 3.14. The topological polar surface area (TPSA) is 79.2 Å². The van der Waals surface area contributed by atoms with Crippen LogP contribution in [0.2, 0.25) is 0 Å². The van der Waals surface area contributed by atoms with E-state index in [1.165, 1.54) is 0 Å². The molecule has 0 spiro atoms. The third kappa shape index (κ3) is 4.32. The van der Waals surface area contributed by atoms with E-state index in [0.717, 1.165) is 16.3 Å². The number of hydrogen-bond donors (Lipinski definition) is 1. The molecule has 0 aliphatic heterocycles. The van der Waals surface area contributed by atoms with E-state index in [9.17, 15) is 9.59 Å². The molecule has 0 atom stereocenters. The molecular formula is C17H16N2O3. The van der Waals surface area contributed by atoms with Crippen LogP contribution in [0.3, 0.4) is 0 Å². The van der Waals surface area contributed by atoms with Crippen LogP contribution in [0.15, 0.2) is 42.5 Å². The number of carbonyl (C=O) groups excluding carboxylic acids is 2. The van der Waals surface area contributed by atoms with Crippen molar-refractivity contribution in [2.24, 2.45) is 0 Å². The standard InChI is InChI=1S/C17H16N2O3/c18-9-4-10-19-16(20)12-22-17(21)11-14-7-3-6-13-5-1-2-8-15(13)14/h1-3,5-8H,4,10-12H2,(H,19,20). The molecule has 2 aromatic rings. The summed E-state index contributed by atoms with van der Waals surface area (Å²) in [5.74, 6) is -0.853. The minimum absolute atomic E-state index is 0.118. The summed E-state index contributed by atoms with van der Waals surface area (Å²) in [4.78, 5) is 23.2. The van der Waals surface area contributed by atoms with Crippen molar-refractivity contribution in [3.63, 3.8) is 0 Å². The Hall–Kier alpha value is -2.87. The van der Waals surface area contributed by atoms with Gasteiger partial charge in [0.05, 0.1) is 18.9 Å². The molecule has 0 radical (unpaired) electrons. The van der Waals surface area contributed by atoms with Gasteiger partial charge >= 0.3 is 5.97 Å². The van der Waals surface area contributed by atoms with Gasteiger partial charge in [0, 0.05) is 6.54 Å². The summed E-state index contributed by atoms with van der Waals surface area (Å²) in [7, 11) is 0. The van der Waals surface area contributed by atoms with Crippen molar-refractivity contribution < 1.29 is 14.3 Å². The SMILES string of the molecule is N#CCCNC(=O)COC(=O)Cc1cccc2ccccc12. The lowest BCUT2D eigenvalue weighted by atomic mass is 10.0. The molecule has 0 aliphatic rings. The lowest BCUT2D eigenvalue weighted by Gasteiger charge is -2.07. The summed E-state index contributed by atoms with van der Waals surface area (Å²) in [6.45, 7) is -0.0643. The summed E-state index contributed by atoms with van der Waals surface area (Å²) in [5, 5.41) is 12.9. The van der Waals surface area contributed by atoms with Crippen molar-refractivity contribution in [1.82, 2.24) is 5.32 Å². The number of esters is 1. The predicted octanol–water partition coefficient (Wildman–Crippen LogP) is 1.96. The fraction of sp³-hybridized carbons (Fsp3) is 0.235. The Labute approximate surface area is 128 Å². The van der Waals surface area contributed by atoms with E-state index in [-0.39, 0.29) is 26.0 Å². The van der Waals surface area contributed by atoms with Gasteiger partial charge in [0.15, 0.2) is 6.61 Å². The highest BCUT2D eigenvalue weighted by molar-refractivity contribution is 5.89. The average Bonchev–Trinajstić information content (AvgIpc) is 2.54. The zero-order valence-electron chi connectivity index (χ0n) is 12.0. The number of amides is 1. The number of benzene rings is 2. The molecule has 2 aromatic carbocycles. The molecule has 1 amide bonds. The molecule has 22 heavy (non-hydrogen) atoms. The van der Waals surface area contributed by atoms with E-state index in [0.29, 0.717) is 0 Å². The zero-order valence-corrected chi connectivity index (χ0v) is 12.0. The number of fused-ring (bicyclic) bond motifs is 1. The smallest absolute Gasteiger partial charge is 0.310 e. The molecule has 5 nitrogen and oxygen atoms in total. The van der Waals surface area contributed by atoms with E-state index in [4.69, 9.17) is 10.00 Å². The molecular weight excluding hydrogens is 280 g/mol. The first-order valence-corrected chi connectivity index (χ1v) is 6.96. The minimum atomic E-state index is -0.452. The Morgan fingerprint density at radius 2 is 1.91 bits per heavy atom. The maximum atomic E-state index is 11.8. The van der Waals surface area contributed by atoms with Crippen LogP contribution in [-0.2, 0) is 20.7 Å². The molecule has 0 saturated heterocycles. The second kappa shape index (κ2) is 7.79. The monoisotopic (exact) mass is 296 g/mol. The number of nitrogens with one attached hydrogen (secondary N) is 1. The van der Waals surface area contributed by atoms with E-state index >= 15 is 0 Å². The minimum Gasteiger partial charge on any atom is -0.455 e. The maximum Gasteiger partial charge on any atom is 0.310 e. The zero-order chi connectivity index (χ0) is 15.8. The van der Waals surface area contributed by atoms with Crippen LogP contribution in [0.4, 0.5) is 0 Å². The second-order valence-corrected chi connectivity index (χ2v) is 4.73. The van der Waals surface area contributed by atoms with Crippen molar-refractivity contribution in [2.75, 3.05) is 13.2 Å². The Kier molecular flexibility index (Phi) is 5.50. The molecule has 1 N–H and O–H groups in total. The third-order valence-electron chi connectivity index (χ3n) is 3.14. The van der Waals surface area contributed by atoms with Gasteiger partial charge in [0.1, 0.15) is 0 Å². The summed E-state index contributed by atoms with van der Waals surface area (Å²) in [6, 6.07) is 15.4.